The summed E-state index contributed by atoms with van der Waals surface area (Å²) < 4.78 is 0. The Labute approximate surface area is 207 Å². The summed E-state index contributed by atoms with van der Waals surface area (Å²) in [5.41, 5.74) is 6.25. The van der Waals surface area contributed by atoms with Crippen molar-refractivity contribution in [2.24, 2.45) is 10.9 Å². The first kappa shape index (κ1) is 23.3. The third kappa shape index (κ3) is 4.33. The maximum atomic E-state index is 12.7. The number of rotatable bonds is 5. The number of hydrogen-bond acceptors (Lipinski definition) is 7. The zero-order valence-corrected chi connectivity index (χ0v) is 20.5. The summed E-state index contributed by atoms with van der Waals surface area (Å²) in [7, 11) is 3.41. The Kier molecular flexibility index (Phi) is 6.01. The molecule has 36 heavy (non-hydrogen) atoms. The number of aromatic nitrogens is 5. The van der Waals surface area contributed by atoms with Crippen LogP contribution in [0.25, 0.3) is 22.3 Å². The third-order valence-electron chi connectivity index (χ3n) is 5.96. The predicted molar refractivity (Wildman–Crippen MR) is 137 cm³/mol. The molecule has 2 amide bonds. The van der Waals surface area contributed by atoms with E-state index in [0.717, 1.165) is 22.4 Å². The molecule has 0 radical (unpaired) electrons. The number of H-pyrrole nitrogens is 1. The fourth-order valence-electron chi connectivity index (χ4n) is 4.01. The maximum absolute atomic E-state index is 12.7. The van der Waals surface area contributed by atoms with Gasteiger partial charge in [0.25, 0.3) is 5.91 Å². The maximum Gasteiger partial charge on any atom is 0.255 e. The molecule has 10 nitrogen and oxygen atoms in total. The van der Waals surface area contributed by atoms with Crippen LogP contribution in [0.5, 0.6) is 0 Å². The molecule has 0 saturated heterocycles. The Hall–Kier alpha value is -4.47. The van der Waals surface area contributed by atoms with Crippen molar-refractivity contribution in [2.45, 2.75) is 20.3 Å². The summed E-state index contributed by atoms with van der Waals surface area (Å²) in [6.07, 6.45) is 7.46. The SMILES string of the molecule is CC(C)C(=O)Nc1cncc(-c2cnc3c(c2)C(c2nc4nccc(C(=O)N(C)C)c4[nH]2)=NCC3)c1. The molecule has 1 aliphatic rings. The van der Waals surface area contributed by atoms with Crippen molar-refractivity contribution < 1.29 is 9.59 Å². The summed E-state index contributed by atoms with van der Waals surface area (Å²) in [5, 5.41) is 2.89. The van der Waals surface area contributed by atoms with E-state index >= 15 is 0 Å². The second kappa shape index (κ2) is 9.29. The van der Waals surface area contributed by atoms with E-state index in [4.69, 9.17) is 9.98 Å². The minimum Gasteiger partial charge on any atom is -0.345 e. The van der Waals surface area contributed by atoms with Crippen molar-refractivity contribution in [1.82, 2.24) is 29.8 Å². The van der Waals surface area contributed by atoms with Crippen LogP contribution < -0.4 is 5.32 Å². The first-order valence-electron chi connectivity index (χ1n) is 11.7. The summed E-state index contributed by atoms with van der Waals surface area (Å²) in [6.45, 7) is 4.27. The van der Waals surface area contributed by atoms with Gasteiger partial charge in [0.1, 0.15) is 5.71 Å². The second-order valence-corrected chi connectivity index (χ2v) is 9.15. The van der Waals surface area contributed by atoms with Gasteiger partial charge in [-0.25, -0.2) is 9.97 Å². The smallest absolute Gasteiger partial charge is 0.255 e. The molecule has 0 unspecified atom stereocenters. The van der Waals surface area contributed by atoms with Gasteiger partial charge in [0.2, 0.25) is 5.91 Å². The average molecular weight is 483 g/mol. The number of aromatic amines is 1. The van der Waals surface area contributed by atoms with E-state index in [1.807, 2.05) is 26.0 Å². The van der Waals surface area contributed by atoms with Crippen LogP contribution in [0, 0.1) is 5.92 Å². The number of hydrogen-bond donors (Lipinski definition) is 2. The molecule has 5 heterocycles. The number of nitrogens with one attached hydrogen (secondary N) is 2. The fraction of sp³-hybridized carbons (Fsp3) is 0.269. The average Bonchev–Trinajstić information content (AvgIpc) is 3.32. The molecule has 2 N–H and O–H groups in total. The van der Waals surface area contributed by atoms with E-state index in [1.54, 1.807) is 44.9 Å². The molecule has 182 valence electrons. The minimum absolute atomic E-state index is 0.0717. The van der Waals surface area contributed by atoms with Gasteiger partial charge >= 0.3 is 0 Å². The Morgan fingerprint density at radius 2 is 1.89 bits per heavy atom. The number of carbonyl (C=O) groups is 2. The fourth-order valence-corrected chi connectivity index (χ4v) is 4.01. The number of nitrogens with zero attached hydrogens (tertiary/aromatic N) is 6. The number of imidazole rings is 1. The normalized spacial score (nSPS) is 12.9. The summed E-state index contributed by atoms with van der Waals surface area (Å²) in [4.78, 5) is 52.3. The predicted octanol–water partition coefficient (Wildman–Crippen LogP) is 3.10. The first-order chi connectivity index (χ1) is 17.3. The Bertz CT molecular complexity index is 1520. The van der Waals surface area contributed by atoms with Crippen LogP contribution in [0.15, 0.2) is 48.0 Å². The summed E-state index contributed by atoms with van der Waals surface area (Å²) >= 11 is 0. The van der Waals surface area contributed by atoms with E-state index in [9.17, 15) is 9.59 Å². The molecule has 0 fully saturated rings. The highest BCUT2D eigenvalue weighted by Gasteiger charge is 2.23. The lowest BCUT2D eigenvalue weighted by Gasteiger charge is -2.16. The number of fused-ring (bicyclic) bond motifs is 2. The molecule has 1 aliphatic heterocycles. The van der Waals surface area contributed by atoms with E-state index < -0.39 is 0 Å². The van der Waals surface area contributed by atoms with Gasteiger partial charge in [-0.3, -0.25) is 24.5 Å². The third-order valence-corrected chi connectivity index (χ3v) is 5.96. The lowest BCUT2D eigenvalue weighted by molar-refractivity contribution is -0.118. The van der Waals surface area contributed by atoms with E-state index in [2.05, 4.69) is 25.3 Å². The van der Waals surface area contributed by atoms with Crippen molar-refractivity contribution in [3.05, 3.63) is 65.6 Å². The van der Waals surface area contributed by atoms with Crippen LogP contribution in [-0.4, -0.2) is 68.0 Å². The Balaban J connectivity index is 1.54. The minimum atomic E-state index is -0.135. The van der Waals surface area contributed by atoms with Gasteiger partial charge in [-0.15, -0.1) is 0 Å². The second-order valence-electron chi connectivity index (χ2n) is 9.15. The number of aliphatic imine (C=N–C) groups is 1. The zero-order valence-electron chi connectivity index (χ0n) is 20.5. The molecule has 0 aromatic carbocycles. The molecular weight excluding hydrogens is 456 g/mol. The number of carbonyl (C=O) groups excluding carboxylic acids is 2. The summed E-state index contributed by atoms with van der Waals surface area (Å²) in [6, 6.07) is 5.57. The highest BCUT2D eigenvalue weighted by molar-refractivity contribution is 6.14. The van der Waals surface area contributed by atoms with Crippen LogP contribution in [0.2, 0.25) is 0 Å². The van der Waals surface area contributed by atoms with Crippen molar-refractivity contribution in [3.8, 4) is 11.1 Å². The van der Waals surface area contributed by atoms with E-state index in [0.29, 0.717) is 46.9 Å². The van der Waals surface area contributed by atoms with Crippen molar-refractivity contribution in [3.63, 3.8) is 0 Å². The van der Waals surface area contributed by atoms with Crippen molar-refractivity contribution in [1.29, 1.82) is 0 Å². The van der Waals surface area contributed by atoms with Crippen LogP contribution in [0.3, 0.4) is 0 Å². The Morgan fingerprint density at radius 1 is 1.08 bits per heavy atom. The van der Waals surface area contributed by atoms with Gasteiger partial charge < -0.3 is 15.2 Å². The molecule has 5 rings (SSSR count). The highest BCUT2D eigenvalue weighted by atomic mass is 16.2. The monoisotopic (exact) mass is 482 g/mol. The molecule has 0 aliphatic carbocycles. The van der Waals surface area contributed by atoms with E-state index in [1.165, 1.54) is 4.90 Å². The lowest BCUT2D eigenvalue weighted by Crippen LogP contribution is -2.22. The van der Waals surface area contributed by atoms with E-state index in [-0.39, 0.29) is 17.7 Å². The molecule has 0 spiro atoms. The topological polar surface area (TPSA) is 129 Å². The van der Waals surface area contributed by atoms with Gasteiger partial charge in [-0.2, -0.15) is 0 Å². The number of amides is 2. The number of pyridine rings is 3. The molecule has 0 atom stereocenters. The van der Waals surface area contributed by atoms with Gasteiger partial charge in [0.15, 0.2) is 11.5 Å². The largest absolute Gasteiger partial charge is 0.345 e. The van der Waals surface area contributed by atoms with Crippen LogP contribution in [-0.2, 0) is 11.2 Å². The molecule has 0 saturated carbocycles. The molecule has 0 bridgehead atoms. The Morgan fingerprint density at radius 3 is 2.67 bits per heavy atom. The van der Waals surface area contributed by atoms with Gasteiger partial charge in [-0.1, -0.05) is 13.8 Å². The van der Waals surface area contributed by atoms with Crippen LogP contribution in [0.4, 0.5) is 5.69 Å². The first-order valence-corrected chi connectivity index (χ1v) is 11.7. The highest BCUT2D eigenvalue weighted by Crippen LogP contribution is 2.27. The van der Waals surface area contributed by atoms with Crippen LogP contribution in [0.1, 0.15) is 41.3 Å². The van der Waals surface area contributed by atoms with Crippen molar-refractivity contribution in [2.75, 3.05) is 26.0 Å². The quantitative estimate of drug-likeness (QED) is 0.450. The molecule has 10 heteroatoms. The number of anilines is 1. The molecule has 4 aromatic rings. The zero-order chi connectivity index (χ0) is 25.4. The summed E-state index contributed by atoms with van der Waals surface area (Å²) in [5.74, 6) is 0.194. The van der Waals surface area contributed by atoms with Crippen molar-refractivity contribution >= 4 is 34.4 Å². The van der Waals surface area contributed by atoms with Gasteiger partial charge in [0.05, 0.1) is 28.7 Å². The van der Waals surface area contributed by atoms with Gasteiger partial charge in [0, 0.05) is 68.3 Å². The standard InChI is InChI=1S/C26H26N8O2/c1-14(2)25(35)31-17-9-15(11-27-13-17)16-10-19-20(30-12-16)6-8-28-21(19)24-32-22-18(26(36)34(3)4)5-7-29-23(22)33-24/h5,7,9-14H,6,8H2,1-4H3,(H,31,35)(H,29,32,33). The lowest BCUT2D eigenvalue weighted by atomic mass is 9.98. The van der Waals surface area contributed by atoms with Crippen LogP contribution >= 0.6 is 0 Å². The molecule has 4 aromatic heterocycles. The van der Waals surface area contributed by atoms with Gasteiger partial charge in [-0.05, 0) is 18.2 Å². The molecular formula is C26H26N8O2.